The van der Waals surface area contributed by atoms with Gasteiger partial charge in [-0.3, -0.25) is 9.69 Å². The first-order valence-electron chi connectivity index (χ1n) is 9.50. The zero-order valence-electron chi connectivity index (χ0n) is 15.6. The van der Waals surface area contributed by atoms with Gasteiger partial charge in [0.1, 0.15) is 0 Å². The summed E-state index contributed by atoms with van der Waals surface area (Å²) < 4.78 is 5.27. The third-order valence-corrected chi connectivity index (χ3v) is 5.66. The van der Waals surface area contributed by atoms with Gasteiger partial charge in [-0.05, 0) is 32.2 Å². The topological polar surface area (TPSA) is 88.5 Å². The number of nitrogens with zero attached hydrogens (tertiary/aromatic N) is 4. The number of rotatable bonds is 6. The first-order chi connectivity index (χ1) is 11.9. The Balaban J connectivity index is 1.48. The molecule has 140 valence electrons. The molecule has 1 unspecified atom stereocenters. The summed E-state index contributed by atoms with van der Waals surface area (Å²) in [4.78, 5) is 21.2. The predicted octanol–water partition coefficient (Wildman–Crippen LogP) is 1.74. The fraction of sp³-hybridized carbons (Fsp3) is 0.833. The molecule has 1 aliphatic carbocycles. The highest BCUT2D eigenvalue weighted by Crippen LogP contribution is 2.28. The summed E-state index contributed by atoms with van der Waals surface area (Å²) in [6.07, 6.45) is 4.92. The number of carbonyl (C=O) groups excluding carboxylic acids is 1. The number of amides is 1. The molecule has 7 nitrogen and oxygen atoms in total. The van der Waals surface area contributed by atoms with Crippen LogP contribution in [0.1, 0.15) is 63.6 Å². The Hall–Kier alpha value is -1.47. The molecule has 25 heavy (non-hydrogen) atoms. The van der Waals surface area contributed by atoms with Gasteiger partial charge >= 0.3 is 0 Å². The van der Waals surface area contributed by atoms with E-state index < -0.39 is 0 Å². The van der Waals surface area contributed by atoms with E-state index in [4.69, 9.17) is 10.3 Å². The summed E-state index contributed by atoms with van der Waals surface area (Å²) >= 11 is 0. The fourth-order valence-electron chi connectivity index (χ4n) is 3.92. The molecule has 3 rings (SSSR count). The van der Waals surface area contributed by atoms with Crippen molar-refractivity contribution in [3.63, 3.8) is 0 Å². The second-order valence-corrected chi connectivity index (χ2v) is 7.96. The third-order valence-electron chi connectivity index (χ3n) is 5.66. The molecule has 1 saturated carbocycles. The number of hydrogen-bond acceptors (Lipinski definition) is 6. The molecule has 1 aliphatic heterocycles. The lowest BCUT2D eigenvalue weighted by Crippen LogP contribution is -2.38. The van der Waals surface area contributed by atoms with E-state index in [1.54, 1.807) is 0 Å². The molecular weight excluding hydrogens is 318 g/mol. The van der Waals surface area contributed by atoms with E-state index in [0.717, 1.165) is 38.8 Å². The lowest BCUT2D eigenvalue weighted by atomic mass is 9.99. The Morgan fingerprint density at radius 3 is 2.84 bits per heavy atom. The lowest BCUT2D eigenvalue weighted by Gasteiger charge is -2.24. The zero-order valence-corrected chi connectivity index (χ0v) is 15.6. The molecule has 0 bridgehead atoms. The van der Waals surface area contributed by atoms with Crippen LogP contribution >= 0.6 is 0 Å². The summed E-state index contributed by atoms with van der Waals surface area (Å²) in [6.45, 7) is 6.34. The van der Waals surface area contributed by atoms with E-state index >= 15 is 0 Å². The molecule has 2 N–H and O–H groups in total. The van der Waals surface area contributed by atoms with Gasteiger partial charge in [-0.15, -0.1) is 0 Å². The fourth-order valence-corrected chi connectivity index (χ4v) is 3.92. The van der Waals surface area contributed by atoms with Gasteiger partial charge in [0.25, 0.3) is 0 Å². The molecular formula is C18H31N5O2. The van der Waals surface area contributed by atoms with Gasteiger partial charge in [0.2, 0.25) is 11.8 Å². The Morgan fingerprint density at radius 1 is 1.40 bits per heavy atom. The van der Waals surface area contributed by atoms with E-state index in [-0.39, 0.29) is 17.9 Å². The number of likely N-dealkylation sites (N-methyl/N-ethyl adjacent to an activating group) is 1. The van der Waals surface area contributed by atoms with Crippen LogP contribution in [-0.2, 0) is 11.3 Å². The van der Waals surface area contributed by atoms with Crippen molar-refractivity contribution in [2.24, 2.45) is 11.7 Å². The maximum absolute atomic E-state index is 12.6. The highest BCUT2D eigenvalue weighted by molar-refractivity contribution is 5.77. The Labute approximate surface area is 149 Å². The number of nitrogens with two attached hydrogens (primary N) is 1. The molecule has 2 aliphatic rings. The van der Waals surface area contributed by atoms with Crippen LogP contribution in [0, 0.1) is 5.92 Å². The Kier molecular flexibility index (Phi) is 5.74. The van der Waals surface area contributed by atoms with Gasteiger partial charge in [-0.25, -0.2) is 0 Å². The van der Waals surface area contributed by atoms with Gasteiger partial charge in [0.15, 0.2) is 5.82 Å². The molecule has 0 radical (unpaired) electrons. The standard InChI is InChI=1S/C18H31N5O2/c1-12(2)18-20-16(21-25-18)11-22(3)14-7-8-23(10-14)17(24)9-13-5-4-6-15(13)19/h12-15H,4-11,19H2,1-3H3/t13-,14?,15+/m0/s1. The highest BCUT2D eigenvalue weighted by Gasteiger charge is 2.32. The van der Waals surface area contributed by atoms with Crippen LogP contribution in [0.25, 0.3) is 0 Å². The van der Waals surface area contributed by atoms with Crippen LogP contribution in [0.4, 0.5) is 0 Å². The molecule has 3 atom stereocenters. The third kappa shape index (κ3) is 4.39. The van der Waals surface area contributed by atoms with Gasteiger partial charge in [-0.2, -0.15) is 4.98 Å². The monoisotopic (exact) mass is 349 g/mol. The van der Waals surface area contributed by atoms with E-state index in [2.05, 4.69) is 22.1 Å². The minimum absolute atomic E-state index is 0.207. The average Bonchev–Trinajstić information content (AvgIpc) is 3.28. The summed E-state index contributed by atoms with van der Waals surface area (Å²) in [7, 11) is 2.07. The first kappa shape index (κ1) is 18.3. The van der Waals surface area contributed by atoms with Crippen molar-refractivity contribution in [2.75, 3.05) is 20.1 Å². The molecule has 7 heteroatoms. The SMILES string of the molecule is CC(C)c1nc(CN(C)C2CCN(C(=O)C[C@@H]3CCC[C@H]3N)C2)no1. The Bertz CT molecular complexity index is 588. The molecule has 2 fully saturated rings. The summed E-state index contributed by atoms with van der Waals surface area (Å²) in [6, 6.07) is 0.556. The van der Waals surface area contributed by atoms with Crippen LogP contribution in [-0.4, -0.2) is 58.1 Å². The van der Waals surface area contributed by atoms with Crippen LogP contribution in [0.3, 0.4) is 0 Å². The molecule has 2 heterocycles. The minimum Gasteiger partial charge on any atom is -0.341 e. The summed E-state index contributed by atoms with van der Waals surface area (Å²) in [5.74, 6) is 2.28. The van der Waals surface area contributed by atoms with Crippen molar-refractivity contribution in [2.45, 2.75) is 70.5 Å². The molecule has 1 aromatic rings. The maximum atomic E-state index is 12.6. The van der Waals surface area contributed by atoms with Gasteiger partial charge in [-0.1, -0.05) is 25.4 Å². The minimum atomic E-state index is 0.207. The summed E-state index contributed by atoms with van der Waals surface area (Å²) in [5, 5.41) is 4.06. The number of aromatic nitrogens is 2. The van der Waals surface area contributed by atoms with Crippen molar-refractivity contribution >= 4 is 5.91 Å². The van der Waals surface area contributed by atoms with E-state index in [9.17, 15) is 4.79 Å². The molecule has 0 spiro atoms. The summed E-state index contributed by atoms with van der Waals surface area (Å²) in [5.41, 5.74) is 6.11. The van der Waals surface area contributed by atoms with Gasteiger partial charge in [0.05, 0.1) is 6.54 Å². The maximum Gasteiger partial charge on any atom is 0.229 e. The second-order valence-electron chi connectivity index (χ2n) is 7.96. The van der Waals surface area contributed by atoms with Crippen molar-refractivity contribution in [3.8, 4) is 0 Å². The average molecular weight is 349 g/mol. The number of likely N-dealkylation sites (tertiary alicyclic amines) is 1. The number of hydrogen-bond donors (Lipinski definition) is 1. The van der Waals surface area contributed by atoms with Crippen molar-refractivity contribution in [1.29, 1.82) is 0 Å². The first-order valence-corrected chi connectivity index (χ1v) is 9.50. The van der Waals surface area contributed by atoms with E-state index in [1.165, 1.54) is 0 Å². The zero-order chi connectivity index (χ0) is 18.0. The molecule has 1 saturated heterocycles. The van der Waals surface area contributed by atoms with Crippen molar-refractivity contribution < 1.29 is 9.32 Å². The molecule has 1 aromatic heterocycles. The van der Waals surface area contributed by atoms with Crippen LogP contribution in [0.2, 0.25) is 0 Å². The van der Waals surface area contributed by atoms with Gasteiger partial charge in [0, 0.05) is 37.5 Å². The number of carbonyl (C=O) groups is 1. The van der Waals surface area contributed by atoms with Crippen molar-refractivity contribution in [3.05, 3.63) is 11.7 Å². The smallest absolute Gasteiger partial charge is 0.229 e. The highest BCUT2D eigenvalue weighted by atomic mass is 16.5. The van der Waals surface area contributed by atoms with Crippen molar-refractivity contribution in [1.82, 2.24) is 19.9 Å². The largest absolute Gasteiger partial charge is 0.341 e. The van der Waals surface area contributed by atoms with Crippen LogP contribution in [0.5, 0.6) is 0 Å². The normalized spacial score (nSPS) is 27.0. The molecule has 1 amide bonds. The molecule has 0 aromatic carbocycles. The predicted molar refractivity (Wildman–Crippen MR) is 94.8 cm³/mol. The van der Waals surface area contributed by atoms with Gasteiger partial charge < -0.3 is 15.2 Å². The second kappa shape index (κ2) is 7.83. The van der Waals surface area contributed by atoms with E-state index in [0.29, 0.717) is 36.6 Å². The lowest BCUT2D eigenvalue weighted by molar-refractivity contribution is -0.131. The van der Waals surface area contributed by atoms with Crippen LogP contribution < -0.4 is 5.73 Å². The van der Waals surface area contributed by atoms with Crippen LogP contribution in [0.15, 0.2) is 4.52 Å². The quantitative estimate of drug-likeness (QED) is 0.841. The van der Waals surface area contributed by atoms with E-state index in [1.807, 2.05) is 18.7 Å². The Morgan fingerprint density at radius 2 is 2.20 bits per heavy atom.